The summed E-state index contributed by atoms with van der Waals surface area (Å²) < 4.78 is 10.5. The van der Waals surface area contributed by atoms with E-state index in [9.17, 15) is 4.79 Å². The SMILES string of the molecule is COc1cccc(OC)c1C(=O)Pc1ccc(C)cc1.[Li+]. The second-order valence-corrected chi connectivity index (χ2v) is 5.64. The zero-order chi connectivity index (χ0) is 14.5. The first kappa shape index (κ1) is 17.8. The van der Waals surface area contributed by atoms with Gasteiger partial charge in [-0.05, 0) is 32.9 Å². The fraction of sp³-hybridized carbons (Fsp3) is 0.188. The number of hydrogen-bond donors (Lipinski definition) is 0. The Balaban J connectivity index is 0.00000220. The molecule has 0 radical (unpaired) electrons. The predicted molar refractivity (Wildman–Crippen MR) is 83.0 cm³/mol. The molecule has 2 rings (SSSR count). The molecule has 2 aromatic carbocycles. The summed E-state index contributed by atoms with van der Waals surface area (Å²) in [7, 11) is 3.16. The molecule has 0 aliphatic rings. The van der Waals surface area contributed by atoms with E-state index in [0.717, 1.165) is 5.30 Å². The van der Waals surface area contributed by atoms with Crippen LogP contribution in [0.5, 0.6) is 11.5 Å². The van der Waals surface area contributed by atoms with E-state index in [1.54, 1.807) is 26.4 Å². The van der Waals surface area contributed by atoms with Crippen molar-refractivity contribution in [1.82, 2.24) is 0 Å². The van der Waals surface area contributed by atoms with Crippen LogP contribution in [-0.4, -0.2) is 19.7 Å². The molecule has 1 atom stereocenters. The maximum Gasteiger partial charge on any atom is 1.00 e. The van der Waals surface area contributed by atoms with Crippen LogP contribution < -0.4 is 33.6 Å². The third-order valence-electron chi connectivity index (χ3n) is 2.96. The molecular weight excluding hydrogens is 278 g/mol. The smallest absolute Gasteiger partial charge is 0.496 e. The summed E-state index contributed by atoms with van der Waals surface area (Å²) >= 11 is 0. The van der Waals surface area contributed by atoms with Crippen LogP contribution >= 0.6 is 8.58 Å². The van der Waals surface area contributed by atoms with E-state index in [2.05, 4.69) is 0 Å². The number of hydrogen-bond acceptors (Lipinski definition) is 3. The van der Waals surface area contributed by atoms with Gasteiger partial charge in [-0.25, -0.2) is 0 Å². The summed E-state index contributed by atoms with van der Waals surface area (Å²) in [6, 6.07) is 13.3. The molecule has 0 aliphatic carbocycles. The van der Waals surface area contributed by atoms with E-state index in [1.165, 1.54) is 5.56 Å². The number of aryl methyl sites for hydroxylation is 1. The van der Waals surface area contributed by atoms with E-state index < -0.39 is 0 Å². The fourth-order valence-electron chi connectivity index (χ4n) is 1.91. The first-order chi connectivity index (χ1) is 9.65. The van der Waals surface area contributed by atoms with Crippen molar-refractivity contribution >= 4 is 19.4 Å². The molecule has 0 saturated heterocycles. The maximum absolute atomic E-state index is 12.5. The van der Waals surface area contributed by atoms with Gasteiger partial charge in [0.1, 0.15) is 17.1 Å². The van der Waals surface area contributed by atoms with Crippen LogP contribution in [-0.2, 0) is 0 Å². The van der Waals surface area contributed by atoms with Crippen molar-refractivity contribution in [1.29, 1.82) is 0 Å². The summed E-state index contributed by atoms with van der Waals surface area (Å²) in [5.41, 5.74) is 1.71. The molecule has 104 valence electrons. The second kappa shape index (κ2) is 8.25. The van der Waals surface area contributed by atoms with Crippen LogP contribution in [0.25, 0.3) is 0 Å². The molecule has 0 N–H and O–H groups in total. The molecule has 1 unspecified atom stereocenters. The Bertz CT molecular complexity index is 589. The Labute approximate surface area is 139 Å². The van der Waals surface area contributed by atoms with Crippen LogP contribution in [0.4, 0.5) is 0 Å². The van der Waals surface area contributed by atoms with Gasteiger partial charge in [-0.1, -0.05) is 35.9 Å². The van der Waals surface area contributed by atoms with Crippen LogP contribution in [0.1, 0.15) is 15.9 Å². The first-order valence-corrected chi connectivity index (χ1v) is 7.24. The third kappa shape index (κ3) is 4.35. The Hall–Kier alpha value is -1.26. The summed E-state index contributed by atoms with van der Waals surface area (Å²) in [5, 5.41) is 1.01. The van der Waals surface area contributed by atoms with Gasteiger partial charge >= 0.3 is 18.9 Å². The Kier molecular flexibility index (Phi) is 6.98. The summed E-state index contributed by atoms with van der Waals surface area (Å²) in [6.45, 7) is 2.03. The average molecular weight is 295 g/mol. The van der Waals surface area contributed by atoms with Crippen LogP contribution in [0, 0.1) is 6.92 Å². The quantitative estimate of drug-likeness (QED) is 0.582. The monoisotopic (exact) mass is 295 g/mol. The first-order valence-electron chi connectivity index (χ1n) is 6.24. The van der Waals surface area contributed by atoms with Crippen molar-refractivity contribution in [3.05, 3.63) is 53.6 Å². The number of methoxy groups -OCH3 is 2. The van der Waals surface area contributed by atoms with Gasteiger partial charge in [0.05, 0.1) is 14.2 Å². The molecule has 0 amide bonds. The molecule has 0 saturated carbocycles. The molecule has 0 heterocycles. The third-order valence-corrected chi connectivity index (χ3v) is 4.06. The Morgan fingerprint density at radius 3 is 1.95 bits per heavy atom. The number of benzene rings is 2. The minimum atomic E-state index is 0. The van der Waals surface area contributed by atoms with Gasteiger partial charge in [-0.2, -0.15) is 0 Å². The van der Waals surface area contributed by atoms with Crippen LogP contribution in [0.3, 0.4) is 0 Å². The van der Waals surface area contributed by atoms with Crippen LogP contribution in [0.15, 0.2) is 42.5 Å². The standard InChI is InChI=1S/C16H17O3P.Li/c1-11-7-9-12(10-8-11)20-16(17)15-13(18-2)5-4-6-14(15)19-3;/h4-10,20H,1-3H3;/q;+1. The van der Waals surface area contributed by atoms with Crippen molar-refractivity contribution < 1.29 is 33.1 Å². The van der Waals surface area contributed by atoms with Crippen molar-refractivity contribution in [3.63, 3.8) is 0 Å². The van der Waals surface area contributed by atoms with Gasteiger partial charge in [0.2, 0.25) is 0 Å². The maximum atomic E-state index is 12.5. The van der Waals surface area contributed by atoms with E-state index in [0.29, 0.717) is 17.1 Å². The van der Waals surface area contributed by atoms with Gasteiger partial charge in [0, 0.05) is 0 Å². The topological polar surface area (TPSA) is 35.5 Å². The normalized spacial score (nSPS) is 10.2. The van der Waals surface area contributed by atoms with Crippen molar-refractivity contribution in [2.75, 3.05) is 14.2 Å². The molecule has 0 fully saturated rings. The van der Waals surface area contributed by atoms with Crippen molar-refractivity contribution in [2.24, 2.45) is 0 Å². The van der Waals surface area contributed by atoms with Gasteiger partial charge in [0.15, 0.2) is 5.52 Å². The van der Waals surface area contributed by atoms with Gasteiger partial charge in [0.25, 0.3) is 0 Å². The number of rotatable bonds is 5. The molecule has 3 nitrogen and oxygen atoms in total. The van der Waals surface area contributed by atoms with Gasteiger partial charge in [-0.15, -0.1) is 0 Å². The summed E-state index contributed by atoms with van der Waals surface area (Å²) in [4.78, 5) is 12.5. The second-order valence-electron chi connectivity index (χ2n) is 4.36. The Morgan fingerprint density at radius 2 is 1.48 bits per heavy atom. The minimum absolute atomic E-state index is 0. The minimum Gasteiger partial charge on any atom is -0.496 e. The molecule has 21 heavy (non-hydrogen) atoms. The largest absolute Gasteiger partial charge is 1.00 e. The summed E-state index contributed by atoms with van der Waals surface area (Å²) in [6.07, 6.45) is 0. The average Bonchev–Trinajstić information content (AvgIpc) is 2.48. The number of carbonyl (C=O) groups is 1. The van der Waals surface area contributed by atoms with E-state index in [4.69, 9.17) is 9.47 Å². The summed E-state index contributed by atoms with van der Waals surface area (Å²) in [5.74, 6) is 1.10. The van der Waals surface area contributed by atoms with Crippen LogP contribution in [0.2, 0.25) is 0 Å². The zero-order valence-corrected chi connectivity index (χ0v) is 13.8. The number of carbonyl (C=O) groups excluding carboxylic acids is 1. The molecule has 0 aliphatic heterocycles. The van der Waals surface area contributed by atoms with E-state index >= 15 is 0 Å². The molecule has 0 spiro atoms. The molecule has 2 aromatic rings. The van der Waals surface area contributed by atoms with Gasteiger partial charge in [-0.3, -0.25) is 4.79 Å². The fourth-order valence-corrected chi connectivity index (χ4v) is 2.87. The van der Waals surface area contributed by atoms with E-state index in [-0.39, 0.29) is 33.0 Å². The van der Waals surface area contributed by atoms with Gasteiger partial charge < -0.3 is 9.47 Å². The predicted octanol–water partition coefficient (Wildman–Crippen LogP) is 0.160. The number of ether oxygens (including phenoxy) is 2. The zero-order valence-electron chi connectivity index (χ0n) is 12.8. The van der Waals surface area contributed by atoms with Crippen molar-refractivity contribution in [3.8, 4) is 11.5 Å². The molecule has 0 aromatic heterocycles. The molecule has 0 bridgehead atoms. The van der Waals surface area contributed by atoms with E-state index in [1.807, 2.05) is 37.3 Å². The molecular formula is C16H17LiO3P+. The molecule has 5 heteroatoms. The Morgan fingerprint density at radius 1 is 0.952 bits per heavy atom. The van der Waals surface area contributed by atoms with Crippen molar-refractivity contribution in [2.45, 2.75) is 6.92 Å².